The maximum atomic E-state index is 13.5. The van der Waals surface area contributed by atoms with Gasteiger partial charge in [0.15, 0.2) is 18.9 Å². The number of allylic oxidation sites excluding steroid dienone is 9. The Kier molecular flexibility index (Phi) is 63.6. The molecule has 17 unspecified atom stereocenters. The van der Waals surface area contributed by atoms with E-state index in [4.69, 9.17) is 28.4 Å². The van der Waals surface area contributed by atoms with Gasteiger partial charge in [-0.15, -0.1) is 0 Å². The molecule has 19 nitrogen and oxygen atoms in total. The minimum atomic E-state index is -1.98. The molecule has 0 bridgehead atoms. The van der Waals surface area contributed by atoms with Crippen molar-refractivity contribution in [3.8, 4) is 0 Å². The molecular formula is C89H163NO18. The first-order chi connectivity index (χ1) is 52.8. The number of ether oxygens (including phenoxy) is 6. The molecule has 3 heterocycles. The minimum absolute atomic E-state index is 0.235. The van der Waals surface area contributed by atoms with E-state index < -0.39 is 124 Å². The molecule has 17 atom stereocenters. The van der Waals surface area contributed by atoms with Crippen LogP contribution >= 0.6 is 0 Å². The highest BCUT2D eigenvalue weighted by atomic mass is 16.8. The summed E-state index contributed by atoms with van der Waals surface area (Å²) in [6, 6.07) is -0.998. The third-order valence-electron chi connectivity index (χ3n) is 22.0. The molecule has 0 saturated carbocycles. The van der Waals surface area contributed by atoms with Crippen molar-refractivity contribution in [2.45, 2.75) is 471 Å². The highest BCUT2D eigenvalue weighted by molar-refractivity contribution is 5.76. The second-order valence-corrected chi connectivity index (χ2v) is 31.7. The minimum Gasteiger partial charge on any atom is -0.394 e. The standard InChI is InChI=1S/C89H163NO18/c1-3-5-7-9-11-13-15-17-19-21-23-25-27-28-29-30-31-32-33-34-35-36-37-38-39-40-41-42-43-44-45-47-49-51-53-55-57-59-61-63-65-67-77(95)90-72(73(94)66-64-62-60-58-56-54-52-50-48-46-26-24-22-20-18-16-14-12-10-8-6-4-2)71-103-87-83(101)80(98)85(75(69-92)105-87)108-89-84(102)81(99)86(76(70-93)106-89)107-88-82(100)79(97)78(96)74(68-91)104-88/h15,17,21,23,48,50,56,58,64,66,72-76,78-89,91-94,96-102H,3-14,16,18-20,22,24-47,49,51-55,57,59-63,65,67-71H2,1-2H3,(H,90,95)/b17-15-,23-21-,50-48+,58-56+,66-64+. The molecule has 3 aliphatic rings. The van der Waals surface area contributed by atoms with Gasteiger partial charge < -0.3 is 89.9 Å². The molecule has 1 amide bonds. The normalized spacial score (nSPS) is 25.7. The molecule has 3 aliphatic heterocycles. The summed E-state index contributed by atoms with van der Waals surface area (Å²) in [5.41, 5.74) is 0. The fraction of sp³-hybridized carbons (Fsp3) is 0.876. The first-order valence-electron chi connectivity index (χ1n) is 44.5. The van der Waals surface area contributed by atoms with Gasteiger partial charge in [0.2, 0.25) is 5.91 Å². The van der Waals surface area contributed by atoms with Crippen molar-refractivity contribution in [2.75, 3.05) is 26.4 Å². The van der Waals surface area contributed by atoms with Crippen LogP contribution in [0.3, 0.4) is 0 Å². The number of unbranched alkanes of at least 4 members (excludes halogenated alkanes) is 48. The lowest BCUT2D eigenvalue weighted by Gasteiger charge is -2.48. The maximum Gasteiger partial charge on any atom is 0.220 e. The van der Waals surface area contributed by atoms with Crippen LogP contribution < -0.4 is 5.32 Å². The first kappa shape index (κ1) is 99.7. The summed E-state index contributed by atoms with van der Waals surface area (Å²) in [6.45, 7) is 1.74. The van der Waals surface area contributed by atoms with Gasteiger partial charge in [-0.2, -0.15) is 0 Å². The predicted molar refractivity (Wildman–Crippen MR) is 434 cm³/mol. The van der Waals surface area contributed by atoms with Crippen molar-refractivity contribution in [1.82, 2.24) is 5.32 Å². The molecule has 0 radical (unpaired) electrons. The Morgan fingerprint density at radius 1 is 0.333 bits per heavy atom. The van der Waals surface area contributed by atoms with Crippen molar-refractivity contribution in [3.63, 3.8) is 0 Å². The Balaban J connectivity index is 1.30. The topological polar surface area (TPSA) is 307 Å². The molecular weight excluding hydrogens is 1370 g/mol. The smallest absolute Gasteiger partial charge is 0.220 e. The first-order valence-corrected chi connectivity index (χ1v) is 44.5. The van der Waals surface area contributed by atoms with E-state index >= 15 is 0 Å². The summed E-state index contributed by atoms with van der Waals surface area (Å²) in [5.74, 6) is -0.283. The van der Waals surface area contributed by atoms with Crippen LogP contribution in [-0.4, -0.2) is 193 Å². The number of aliphatic hydroxyl groups is 11. The molecule has 3 rings (SSSR count). The summed E-state index contributed by atoms with van der Waals surface area (Å²) in [4.78, 5) is 13.5. The van der Waals surface area contributed by atoms with E-state index in [9.17, 15) is 61.0 Å². The Bertz CT molecular complexity index is 2180. The molecule has 0 spiro atoms. The van der Waals surface area contributed by atoms with E-state index in [0.717, 1.165) is 51.4 Å². The molecule has 0 aromatic heterocycles. The van der Waals surface area contributed by atoms with Crippen LogP contribution in [0.1, 0.15) is 367 Å². The van der Waals surface area contributed by atoms with E-state index in [1.807, 2.05) is 6.08 Å². The fourth-order valence-electron chi connectivity index (χ4n) is 14.9. The Labute approximate surface area is 656 Å². The Morgan fingerprint density at radius 3 is 0.981 bits per heavy atom. The summed E-state index contributed by atoms with van der Waals surface area (Å²) < 4.78 is 34.5. The van der Waals surface area contributed by atoms with Gasteiger partial charge in [-0.1, -0.05) is 344 Å². The van der Waals surface area contributed by atoms with Crippen molar-refractivity contribution in [1.29, 1.82) is 0 Å². The van der Waals surface area contributed by atoms with E-state index in [0.29, 0.717) is 12.8 Å². The Morgan fingerprint density at radius 2 is 0.620 bits per heavy atom. The number of aliphatic hydroxyl groups excluding tert-OH is 11. The van der Waals surface area contributed by atoms with Crippen LogP contribution in [0.4, 0.5) is 0 Å². The average Bonchev–Trinajstić information content (AvgIpc) is 0.787. The van der Waals surface area contributed by atoms with Crippen LogP contribution in [0.5, 0.6) is 0 Å². The predicted octanol–water partition coefficient (Wildman–Crippen LogP) is 16.6. The summed E-state index contributed by atoms with van der Waals surface area (Å²) in [6.07, 6.45) is 63.9. The van der Waals surface area contributed by atoms with E-state index in [2.05, 4.69) is 67.8 Å². The van der Waals surface area contributed by atoms with Crippen LogP contribution in [-0.2, 0) is 33.2 Å². The summed E-state index contributed by atoms with van der Waals surface area (Å²) in [5, 5.41) is 121. The lowest BCUT2D eigenvalue weighted by Crippen LogP contribution is -2.66. The van der Waals surface area contributed by atoms with Gasteiger partial charge >= 0.3 is 0 Å². The number of rotatable bonds is 72. The third-order valence-corrected chi connectivity index (χ3v) is 22.0. The number of carbonyl (C=O) groups is 1. The third kappa shape index (κ3) is 47.4. The molecule has 3 saturated heterocycles. The largest absolute Gasteiger partial charge is 0.394 e. The van der Waals surface area contributed by atoms with Crippen molar-refractivity contribution in [2.24, 2.45) is 0 Å². The van der Waals surface area contributed by atoms with Gasteiger partial charge in [0.05, 0.1) is 38.6 Å². The van der Waals surface area contributed by atoms with Gasteiger partial charge in [-0.05, 0) is 77.0 Å². The van der Waals surface area contributed by atoms with Gasteiger partial charge in [0.25, 0.3) is 0 Å². The van der Waals surface area contributed by atoms with Crippen molar-refractivity contribution < 1.29 is 89.4 Å². The molecule has 0 aromatic carbocycles. The van der Waals surface area contributed by atoms with Crippen molar-refractivity contribution >= 4 is 5.91 Å². The highest BCUT2D eigenvalue weighted by Crippen LogP contribution is 2.33. The van der Waals surface area contributed by atoms with Crippen molar-refractivity contribution in [3.05, 3.63) is 60.8 Å². The van der Waals surface area contributed by atoms with Gasteiger partial charge in [0.1, 0.15) is 73.2 Å². The zero-order valence-corrected chi connectivity index (χ0v) is 68.1. The quantitative estimate of drug-likeness (QED) is 0.0199. The molecule has 0 aromatic rings. The molecule has 0 aliphatic carbocycles. The van der Waals surface area contributed by atoms with Crippen LogP contribution in [0.15, 0.2) is 60.8 Å². The second kappa shape index (κ2) is 68.9. The average molecular weight is 1540 g/mol. The molecule has 19 heteroatoms. The molecule has 632 valence electrons. The second-order valence-electron chi connectivity index (χ2n) is 31.7. The number of carbonyl (C=O) groups excluding carboxylic acids is 1. The number of nitrogens with one attached hydrogen (secondary N) is 1. The number of amides is 1. The monoisotopic (exact) mass is 1530 g/mol. The fourth-order valence-corrected chi connectivity index (χ4v) is 14.9. The van der Waals surface area contributed by atoms with E-state index in [1.165, 1.54) is 283 Å². The van der Waals surface area contributed by atoms with E-state index in [-0.39, 0.29) is 18.9 Å². The van der Waals surface area contributed by atoms with Crippen LogP contribution in [0.2, 0.25) is 0 Å². The lowest BCUT2D eigenvalue weighted by molar-refractivity contribution is -0.379. The maximum absolute atomic E-state index is 13.5. The number of hydrogen-bond donors (Lipinski definition) is 12. The molecule has 3 fully saturated rings. The van der Waals surface area contributed by atoms with Crippen LogP contribution in [0.25, 0.3) is 0 Å². The van der Waals surface area contributed by atoms with Gasteiger partial charge in [-0.3, -0.25) is 4.79 Å². The molecule has 12 N–H and O–H groups in total. The zero-order chi connectivity index (χ0) is 78.1. The van der Waals surface area contributed by atoms with Crippen LogP contribution in [0, 0.1) is 0 Å². The number of hydrogen-bond acceptors (Lipinski definition) is 18. The summed E-state index contributed by atoms with van der Waals surface area (Å²) in [7, 11) is 0. The van der Waals surface area contributed by atoms with E-state index in [1.54, 1.807) is 6.08 Å². The lowest BCUT2D eigenvalue weighted by atomic mass is 9.96. The zero-order valence-electron chi connectivity index (χ0n) is 68.1. The van der Waals surface area contributed by atoms with Gasteiger partial charge in [-0.25, -0.2) is 0 Å². The Hall–Kier alpha value is -2.51. The molecule has 108 heavy (non-hydrogen) atoms. The SMILES string of the molecule is CCCCCCC/C=C\C/C=C\CCCCCCCCCCCCCCCCCCCCCCCCCCCCCCCC(=O)NC(COC1OC(CO)C(OC2OC(CO)C(OC3OC(CO)C(O)C(O)C3O)C(O)C2O)C(O)C1O)C(O)/C=C/CC/C=C/CC/C=C/CCCCCCCCCCCCCC. The van der Waals surface area contributed by atoms with Gasteiger partial charge in [0, 0.05) is 6.42 Å². The highest BCUT2D eigenvalue weighted by Gasteiger charge is 2.54. The summed E-state index contributed by atoms with van der Waals surface area (Å²) >= 11 is 0.